The predicted molar refractivity (Wildman–Crippen MR) is 131 cm³/mol. The van der Waals surface area contributed by atoms with Crippen molar-refractivity contribution in [3.05, 3.63) is 40.5 Å². The monoisotopic (exact) mass is 483 g/mol. The third-order valence-electron chi connectivity index (χ3n) is 6.24. The summed E-state index contributed by atoms with van der Waals surface area (Å²) in [6, 6.07) is 6.08. The van der Waals surface area contributed by atoms with Crippen LogP contribution in [-0.2, 0) is 11.3 Å². The molecule has 2 aromatic heterocycles. The normalized spacial score (nSPS) is 15.8. The summed E-state index contributed by atoms with van der Waals surface area (Å²) in [4.78, 5) is 28.1. The van der Waals surface area contributed by atoms with Gasteiger partial charge in [0.2, 0.25) is 6.79 Å². The first kappa shape index (κ1) is 22.8. The van der Waals surface area contributed by atoms with Crippen LogP contribution in [0, 0.1) is 6.92 Å². The lowest BCUT2D eigenvalue weighted by Crippen LogP contribution is -2.48. The number of nitrogens with zero attached hydrogens (tertiary/aromatic N) is 4. The number of aromatic nitrogens is 2. The number of ether oxygens (including phenoxy) is 3. The largest absolute Gasteiger partial charge is 0.454 e. The second-order valence-corrected chi connectivity index (χ2v) is 9.49. The molecular formula is C24H29N5O4S. The van der Waals surface area contributed by atoms with E-state index in [4.69, 9.17) is 14.2 Å². The van der Waals surface area contributed by atoms with E-state index in [0.29, 0.717) is 19.7 Å². The number of benzene rings is 1. The minimum atomic E-state index is 0.0774. The summed E-state index contributed by atoms with van der Waals surface area (Å²) in [5.74, 6) is 2.47. The maximum Gasteiger partial charge on any atom is 0.264 e. The molecule has 0 radical (unpaired) electrons. The van der Waals surface area contributed by atoms with Crippen LogP contribution in [0.4, 0.5) is 5.82 Å². The molecule has 0 bridgehead atoms. The van der Waals surface area contributed by atoms with Gasteiger partial charge in [0.05, 0.1) is 10.3 Å². The van der Waals surface area contributed by atoms with Gasteiger partial charge in [-0.2, -0.15) is 0 Å². The number of nitrogens with one attached hydrogen (secondary N) is 1. The topological polar surface area (TPSA) is 89.0 Å². The average molecular weight is 484 g/mol. The fourth-order valence-corrected chi connectivity index (χ4v) is 5.50. The molecule has 180 valence electrons. The van der Waals surface area contributed by atoms with Crippen molar-refractivity contribution in [3.8, 4) is 11.5 Å². The van der Waals surface area contributed by atoms with Crippen molar-refractivity contribution < 1.29 is 19.0 Å². The van der Waals surface area contributed by atoms with Crippen LogP contribution in [0.1, 0.15) is 27.2 Å². The molecule has 34 heavy (non-hydrogen) atoms. The van der Waals surface area contributed by atoms with Gasteiger partial charge in [0.15, 0.2) is 11.5 Å². The Morgan fingerprint density at radius 3 is 2.82 bits per heavy atom. The Morgan fingerprint density at radius 1 is 1.18 bits per heavy atom. The molecule has 2 aliphatic heterocycles. The highest BCUT2D eigenvalue weighted by Crippen LogP contribution is 2.35. The van der Waals surface area contributed by atoms with Crippen molar-refractivity contribution in [2.24, 2.45) is 0 Å². The summed E-state index contributed by atoms with van der Waals surface area (Å²) in [7, 11) is 1.70. The summed E-state index contributed by atoms with van der Waals surface area (Å²) < 4.78 is 16.0. The van der Waals surface area contributed by atoms with Crippen LogP contribution in [0.2, 0.25) is 0 Å². The highest BCUT2D eigenvalue weighted by Gasteiger charge is 2.27. The van der Waals surface area contributed by atoms with Crippen molar-refractivity contribution in [1.29, 1.82) is 0 Å². The van der Waals surface area contributed by atoms with Gasteiger partial charge in [0, 0.05) is 53.0 Å². The average Bonchev–Trinajstić information content (AvgIpc) is 3.46. The Bertz CT molecular complexity index is 1180. The number of methoxy groups -OCH3 is 1. The van der Waals surface area contributed by atoms with Gasteiger partial charge in [-0.05, 0) is 36.6 Å². The molecule has 1 amide bonds. The molecule has 1 aromatic carbocycles. The lowest BCUT2D eigenvalue weighted by molar-refractivity contribution is 0.0632. The van der Waals surface area contributed by atoms with E-state index in [2.05, 4.69) is 26.3 Å². The number of carbonyl (C=O) groups excluding carboxylic acids is 1. The number of anilines is 1. The minimum Gasteiger partial charge on any atom is -0.454 e. The molecule has 0 aliphatic carbocycles. The van der Waals surface area contributed by atoms with Crippen LogP contribution in [-0.4, -0.2) is 78.9 Å². The first-order valence-electron chi connectivity index (χ1n) is 11.5. The molecule has 1 N–H and O–H groups in total. The number of hydrogen-bond donors (Lipinski definition) is 1. The third-order valence-corrected chi connectivity index (χ3v) is 7.43. The van der Waals surface area contributed by atoms with Gasteiger partial charge in [-0.15, -0.1) is 11.3 Å². The molecule has 0 spiro atoms. The van der Waals surface area contributed by atoms with E-state index >= 15 is 0 Å². The van der Waals surface area contributed by atoms with E-state index in [9.17, 15) is 4.79 Å². The smallest absolute Gasteiger partial charge is 0.264 e. The van der Waals surface area contributed by atoms with Gasteiger partial charge in [-0.3, -0.25) is 9.69 Å². The molecule has 0 unspecified atom stereocenters. The van der Waals surface area contributed by atoms with Crippen LogP contribution >= 0.6 is 11.3 Å². The highest BCUT2D eigenvalue weighted by atomic mass is 32.1. The predicted octanol–water partition coefficient (Wildman–Crippen LogP) is 3.13. The Morgan fingerprint density at radius 2 is 2.00 bits per heavy atom. The highest BCUT2D eigenvalue weighted by molar-refractivity contribution is 7.20. The van der Waals surface area contributed by atoms with Crippen molar-refractivity contribution in [3.63, 3.8) is 0 Å². The van der Waals surface area contributed by atoms with Gasteiger partial charge in [0.25, 0.3) is 5.91 Å². The van der Waals surface area contributed by atoms with Gasteiger partial charge >= 0.3 is 0 Å². The van der Waals surface area contributed by atoms with E-state index in [1.165, 1.54) is 16.9 Å². The van der Waals surface area contributed by atoms with Crippen LogP contribution in [0.3, 0.4) is 0 Å². The zero-order valence-corrected chi connectivity index (χ0v) is 20.3. The SMILES string of the molecule is COCCCNc1ncnc2sc(C(=O)N3CCN(Cc4ccc5c(c4)OCO5)CC3)c(C)c12. The van der Waals surface area contributed by atoms with E-state index in [0.717, 1.165) is 70.6 Å². The summed E-state index contributed by atoms with van der Waals surface area (Å²) in [6.07, 6.45) is 2.44. The molecule has 1 saturated heterocycles. The zero-order valence-electron chi connectivity index (χ0n) is 19.5. The first-order valence-corrected chi connectivity index (χ1v) is 12.3. The van der Waals surface area contributed by atoms with E-state index in [-0.39, 0.29) is 12.7 Å². The van der Waals surface area contributed by atoms with Gasteiger partial charge in [-0.1, -0.05) is 6.07 Å². The van der Waals surface area contributed by atoms with Crippen molar-refractivity contribution in [2.45, 2.75) is 19.9 Å². The van der Waals surface area contributed by atoms with Gasteiger partial charge in [-0.25, -0.2) is 9.97 Å². The van der Waals surface area contributed by atoms with E-state index in [1.54, 1.807) is 13.4 Å². The molecule has 4 heterocycles. The second-order valence-electron chi connectivity index (χ2n) is 8.49. The number of amides is 1. The fourth-order valence-electron chi connectivity index (χ4n) is 4.38. The number of rotatable bonds is 8. The molecule has 3 aromatic rings. The Labute approximate surface area is 202 Å². The minimum absolute atomic E-state index is 0.0774. The van der Waals surface area contributed by atoms with Gasteiger partial charge in [0.1, 0.15) is 17.0 Å². The number of fused-ring (bicyclic) bond motifs is 2. The number of piperazine rings is 1. The maximum absolute atomic E-state index is 13.4. The van der Waals surface area contributed by atoms with Crippen LogP contribution in [0.5, 0.6) is 11.5 Å². The molecule has 0 saturated carbocycles. The van der Waals surface area contributed by atoms with Crippen molar-refractivity contribution >= 4 is 33.3 Å². The molecule has 5 rings (SSSR count). The first-order chi connectivity index (χ1) is 16.6. The lowest BCUT2D eigenvalue weighted by atomic mass is 10.1. The van der Waals surface area contributed by atoms with Crippen molar-refractivity contribution in [1.82, 2.24) is 19.8 Å². The van der Waals surface area contributed by atoms with Gasteiger partial charge < -0.3 is 24.4 Å². The maximum atomic E-state index is 13.4. The molecule has 10 heteroatoms. The van der Waals surface area contributed by atoms with E-state index < -0.39 is 0 Å². The number of carbonyl (C=O) groups is 1. The van der Waals surface area contributed by atoms with Crippen molar-refractivity contribution in [2.75, 3.05) is 58.6 Å². The fraction of sp³-hybridized carbons (Fsp3) is 0.458. The molecule has 1 fully saturated rings. The Hall–Kier alpha value is -2.95. The third kappa shape index (κ3) is 4.66. The second kappa shape index (κ2) is 10.1. The Balaban J connectivity index is 1.23. The molecular weight excluding hydrogens is 454 g/mol. The van der Waals surface area contributed by atoms with Crippen LogP contribution < -0.4 is 14.8 Å². The summed E-state index contributed by atoms with van der Waals surface area (Å²) in [6.45, 7) is 7.61. The van der Waals surface area contributed by atoms with Crippen LogP contribution in [0.15, 0.2) is 24.5 Å². The zero-order chi connectivity index (χ0) is 23.5. The molecule has 2 aliphatic rings. The lowest BCUT2D eigenvalue weighted by Gasteiger charge is -2.34. The number of aryl methyl sites for hydroxylation is 1. The number of thiophene rings is 1. The number of hydrogen-bond acceptors (Lipinski definition) is 9. The van der Waals surface area contributed by atoms with E-state index in [1.807, 2.05) is 24.0 Å². The summed E-state index contributed by atoms with van der Waals surface area (Å²) in [5, 5.41) is 4.31. The standard InChI is InChI=1S/C24H29N5O4S/c1-16-20-22(25-6-3-11-31-2)26-14-27-23(20)34-21(16)24(30)29-9-7-28(8-10-29)13-17-4-5-18-19(12-17)33-15-32-18/h4-5,12,14H,3,6-11,13,15H2,1-2H3,(H,25,26,27). The Kier molecular flexibility index (Phi) is 6.80. The summed E-state index contributed by atoms with van der Waals surface area (Å²) >= 11 is 1.45. The van der Waals surface area contributed by atoms with Crippen LogP contribution in [0.25, 0.3) is 10.2 Å². The molecule has 9 nitrogen and oxygen atoms in total. The molecule has 0 atom stereocenters. The quantitative estimate of drug-likeness (QED) is 0.489. The summed E-state index contributed by atoms with van der Waals surface area (Å²) in [5.41, 5.74) is 2.14.